The second kappa shape index (κ2) is 11.2. The molecule has 2 aromatic rings. The van der Waals surface area contributed by atoms with Crippen LogP contribution in [-0.2, 0) is 0 Å². The highest BCUT2D eigenvalue weighted by molar-refractivity contribution is 6.07. The first-order valence-electron chi connectivity index (χ1n) is 11.3. The Hall–Kier alpha value is -4.00. The summed E-state index contributed by atoms with van der Waals surface area (Å²) in [4.78, 5) is 24.8. The van der Waals surface area contributed by atoms with E-state index in [1.807, 2.05) is 0 Å². The van der Waals surface area contributed by atoms with Gasteiger partial charge in [-0.05, 0) is 17.7 Å². The minimum Gasteiger partial charge on any atom is -0.395 e. The molecule has 2 amide bonds. The molecule has 13 heteroatoms. The number of hydrogen-bond acceptors (Lipinski definition) is 8. The third kappa shape index (κ3) is 5.46. The zero-order valence-electron chi connectivity index (χ0n) is 19.2. The zero-order chi connectivity index (χ0) is 25.7. The number of aromatic nitrogens is 2. The Morgan fingerprint density at radius 1 is 1.17 bits per heavy atom. The van der Waals surface area contributed by atoms with Crippen LogP contribution in [0, 0.1) is 22.9 Å². The molecule has 0 spiro atoms. The Morgan fingerprint density at radius 3 is 2.56 bits per heavy atom. The Balaban J connectivity index is 1.43. The maximum Gasteiger partial charge on any atom is 0.341 e. The quantitative estimate of drug-likeness (QED) is 0.394. The lowest BCUT2D eigenvalue weighted by atomic mass is 10.0. The van der Waals surface area contributed by atoms with Gasteiger partial charge in [-0.2, -0.15) is 5.10 Å². The molecule has 1 fully saturated rings. The van der Waals surface area contributed by atoms with Crippen molar-refractivity contribution >= 4 is 30.0 Å². The molecular weight excluding hydrogens is 477 g/mol. The van der Waals surface area contributed by atoms with Crippen LogP contribution in [0.15, 0.2) is 35.7 Å². The van der Waals surface area contributed by atoms with Crippen molar-refractivity contribution in [2.75, 3.05) is 44.2 Å². The van der Waals surface area contributed by atoms with Gasteiger partial charge in [0.05, 0.1) is 18.8 Å². The van der Waals surface area contributed by atoms with Crippen molar-refractivity contribution in [1.29, 1.82) is 5.41 Å². The predicted octanol–water partition coefficient (Wildman–Crippen LogP) is 2.14. The summed E-state index contributed by atoms with van der Waals surface area (Å²) in [5.41, 5.74) is 0.452. The molecule has 1 aromatic carbocycles. The SMILES string of the molecule is N=C/C(=C\NCCO)c1nc(N2CCN(C(=O)N3N=CC[C@H]3c3cc(F)cc(F)c3)CC2)ncc1F. The summed E-state index contributed by atoms with van der Waals surface area (Å²) in [5.74, 6) is -1.89. The smallest absolute Gasteiger partial charge is 0.341 e. The van der Waals surface area contributed by atoms with Crippen molar-refractivity contribution in [2.24, 2.45) is 5.10 Å². The second-order valence-corrected chi connectivity index (χ2v) is 8.14. The number of aliphatic hydroxyl groups is 1. The van der Waals surface area contributed by atoms with Gasteiger partial charge in [-0.3, -0.25) is 0 Å². The summed E-state index contributed by atoms with van der Waals surface area (Å²) < 4.78 is 41.8. The summed E-state index contributed by atoms with van der Waals surface area (Å²) in [6.45, 7) is 1.45. The number of nitrogens with zero attached hydrogens (tertiary/aromatic N) is 6. The van der Waals surface area contributed by atoms with E-state index in [-0.39, 0.29) is 36.4 Å². The van der Waals surface area contributed by atoms with Gasteiger partial charge < -0.3 is 25.6 Å². The summed E-state index contributed by atoms with van der Waals surface area (Å²) in [5, 5.41) is 24.6. The van der Waals surface area contributed by atoms with E-state index < -0.39 is 23.5 Å². The first-order chi connectivity index (χ1) is 17.4. The van der Waals surface area contributed by atoms with Gasteiger partial charge in [0.25, 0.3) is 0 Å². The van der Waals surface area contributed by atoms with E-state index in [1.54, 1.807) is 16.0 Å². The van der Waals surface area contributed by atoms with Crippen LogP contribution >= 0.6 is 0 Å². The topological polar surface area (TPSA) is 121 Å². The largest absolute Gasteiger partial charge is 0.395 e. The third-order valence-corrected chi connectivity index (χ3v) is 5.80. The van der Waals surface area contributed by atoms with Gasteiger partial charge in [0.1, 0.15) is 17.3 Å². The number of aliphatic hydroxyl groups excluding tert-OH is 1. The van der Waals surface area contributed by atoms with Crippen LogP contribution in [0.5, 0.6) is 0 Å². The molecule has 1 atom stereocenters. The number of amides is 2. The molecule has 0 radical (unpaired) electrons. The molecule has 0 saturated carbocycles. The molecule has 0 bridgehead atoms. The summed E-state index contributed by atoms with van der Waals surface area (Å²) in [6, 6.07) is 2.18. The fraction of sp³-hybridized carbons (Fsp3) is 0.348. The molecule has 2 aliphatic heterocycles. The molecule has 10 nitrogen and oxygen atoms in total. The number of allylic oxidation sites excluding steroid dienone is 1. The number of anilines is 1. The Morgan fingerprint density at radius 2 is 1.89 bits per heavy atom. The number of nitrogens with one attached hydrogen (secondary N) is 2. The minimum atomic E-state index is -0.721. The van der Waals surface area contributed by atoms with E-state index in [0.717, 1.165) is 18.5 Å². The first kappa shape index (κ1) is 25.1. The predicted molar refractivity (Wildman–Crippen MR) is 127 cm³/mol. The van der Waals surface area contributed by atoms with Crippen LogP contribution in [-0.4, -0.2) is 82.8 Å². The minimum absolute atomic E-state index is 0.0597. The summed E-state index contributed by atoms with van der Waals surface area (Å²) in [6.07, 6.45) is 5.26. The number of benzene rings is 1. The fourth-order valence-corrected chi connectivity index (χ4v) is 4.02. The number of hydrogen-bond donors (Lipinski definition) is 3. The van der Waals surface area contributed by atoms with Gasteiger partial charge in [0.15, 0.2) is 5.82 Å². The Kier molecular flexibility index (Phi) is 7.78. The molecule has 2 aliphatic rings. The number of halogens is 3. The van der Waals surface area contributed by atoms with Gasteiger partial charge in [-0.1, -0.05) is 0 Å². The molecule has 190 valence electrons. The molecule has 0 unspecified atom stereocenters. The highest BCUT2D eigenvalue weighted by Crippen LogP contribution is 2.30. The van der Waals surface area contributed by atoms with E-state index in [4.69, 9.17) is 10.5 Å². The van der Waals surface area contributed by atoms with Gasteiger partial charge in [-0.25, -0.2) is 32.9 Å². The molecule has 3 heterocycles. The van der Waals surface area contributed by atoms with Crippen LogP contribution in [0.1, 0.15) is 23.7 Å². The van der Waals surface area contributed by atoms with E-state index in [2.05, 4.69) is 20.4 Å². The highest BCUT2D eigenvalue weighted by atomic mass is 19.1. The first-order valence-corrected chi connectivity index (χ1v) is 11.3. The van der Waals surface area contributed by atoms with E-state index in [0.29, 0.717) is 38.2 Å². The van der Waals surface area contributed by atoms with Gasteiger partial charge in [0, 0.05) is 69.4 Å². The van der Waals surface area contributed by atoms with Crippen LogP contribution in [0.4, 0.5) is 23.9 Å². The van der Waals surface area contributed by atoms with E-state index >= 15 is 0 Å². The molecule has 36 heavy (non-hydrogen) atoms. The zero-order valence-corrected chi connectivity index (χ0v) is 19.2. The average molecular weight is 503 g/mol. The number of hydrazone groups is 1. The lowest BCUT2D eigenvalue weighted by Crippen LogP contribution is -2.52. The van der Waals surface area contributed by atoms with Crippen molar-refractivity contribution in [3.8, 4) is 0 Å². The standard InChI is InChI=1S/C23H25F3N8O2/c24-17-9-15(10-18(25)11-17)20-1-2-30-34(20)23(36)33-6-4-32(5-7-33)22-29-14-19(26)21(31-22)16(12-27)13-28-3-8-35/h2,9-14,20,27-28,35H,1,3-8H2/b16-13+,27-12?/t20-/m0/s1. The van der Waals surface area contributed by atoms with Gasteiger partial charge in [0.2, 0.25) is 5.95 Å². The second-order valence-electron chi connectivity index (χ2n) is 8.14. The van der Waals surface area contributed by atoms with Crippen molar-refractivity contribution < 1.29 is 23.1 Å². The number of carbonyl (C=O) groups excluding carboxylic acids is 1. The molecule has 1 aromatic heterocycles. The van der Waals surface area contributed by atoms with Crippen molar-refractivity contribution in [1.82, 2.24) is 25.2 Å². The number of carbonyl (C=O) groups is 1. The molecule has 4 rings (SSSR count). The molecule has 1 saturated heterocycles. The number of piperazine rings is 1. The maximum atomic E-state index is 14.4. The molecule has 3 N–H and O–H groups in total. The fourth-order valence-electron chi connectivity index (χ4n) is 4.02. The lowest BCUT2D eigenvalue weighted by molar-refractivity contribution is 0.139. The van der Waals surface area contributed by atoms with Crippen LogP contribution < -0.4 is 10.2 Å². The van der Waals surface area contributed by atoms with Crippen LogP contribution in [0.2, 0.25) is 0 Å². The molecule has 0 aliphatic carbocycles. The van der Waals surface area contributed by atoms with Crippen molar-refractivity contribution in [3.05, 3.63) is 59.3 Å². The van der Waals surface area contributed by atoms with Crippen molar-refractivity contribution in [2.45, 2.75) is 12.5 Å². The van der Waals surface area contributed by atoms with Crippen molar-refractivity contribution in [3.63, 3.8) is 0 Å². The Bertz CT molecular complexity index is 1160. The third-order valence-electron chi connectivity index (χ3n) is 5.80. The summed E-state index contributed by atoms with van der Waals surface area (Å²) >= 11 is 0. The lowest BCUT2D eigenvalue weighted by Gasteiger charge is -2.37. The van der Waals surface area contributed by atoms with Gasteiger partial charge in [-0.15, -0.1) is 0 Å². The van der Waals surface area contributed by atoms with E-state index in [1.165, 1.54) is 23.3 Å². The van der Waals surface area contributed by atoms with Crippen LogP contribution in [0.3, 0.4) is 0 Å². The monoisotopic (exact) mass is 502 g/mol. The number of urea groups is 1. The molecular formula is C23H25F3N8O2. The summed E-state index contributed by atoms with van der Waals surface area (Å²) in [7, 11) is 0. The maximum absolute atomic E-state index is 14.4. The van der Waals surface area contributed by atoms with Crippen LogP contribution in [0.25, 0.3) is 5.57 Å². The van der Waals surface area contributed by atoms with E-state index in [9.17, 15) is 18.0 Å². The highest BCUT2D eigenvalue weighted by Gasteiger charge is 2.34. The Labute approximate surface area is 205 Å². The number of rotatable bonds is 7. The van der Waals surface area contributed by atoms with Gasteiger partial charge >= 0.3 is 6.03 Å². The average Bonchev–Trinajstić information content (AvgIpc) is 3.37. The normalized spacial score (nSPS) is 18.1.